The zero-order valence-electron chi connectivity index (χ0n) is 11.9. The first-order chi connectivity index (χ1) is 8.70. The van der Waals surface area contributed by atoms with E-state index in [1.54, 1.807) is 5.56 Å². The quantitative estimate of drug-likeness (QED) is 0.781. The van der Waals surface area contributed by atoms with E-state index in [1.807, 2.05) is 0 Å². The summed E-state index contributed by atoms with van der Waals surface area (Å²) in [5, 5.41) is 0. The van der Waals surface area contributed by atoms with Gasteiger partial charge in [0.1, 0.15) is 0 Å². The van der Waals surface area contributed by atoms with Gasteiger partial charge < -0.3 is 4.90 Å². The lowest BCUT2D eigenvalue weighted by Gasteiger charge is -2.15. The van der Waals surface area contributed by atoms with Gasteiger partial charge in [0.15, 0.2) is 0 Å². The standard InChI is InChI=1S/C16H25NS/c1-4-5-6-13-7-8-14-11-15(17(2)3)9-10-16(14)18-12-13/h9-11,13H,4-8,12H2,1-3H3. The predicted octanol–water partition coefficient (Wildman–Crippen LogP) is 4.60. The third kappa shape index (κ3) is 3.44. The molecule has 0 saturated heterocycles. The van der Waals surface area contributed by atoms with E-state index in [0.29, 0.717) is 0 Å². The summed E-state index contributed by atoms with van der Waals surface area (Å²) in [6.45, 7) is 2.29. The number of aryl methyl sites for hydroxylation is 1. The minimum absolute atomic E-state index is 0.921. The minimum atomic E-state index is 0.921. The Balaban J connectivity index is 2.05. The number of fused-ring (bicyclic) bond motifs is 1. The smallest absolute Gasteiger partial charge is 0.0364 e. The number of anilines is 1. The highest BCUT2D eigenvalue weighted by Crippen LogP contribution is 2.35. The Hall–Kier alpha value is -0.630. The molecule has 0 N–H and O–H groups in total. The maximum Gasteiger partial charge on any atom is 0.0364 e. The second kappa shape index (κ2) is 6.51. The maximum absolute atomic E-state index is 2.38. The van der Waals surface area contributed by atoms with Crippen molar-refractivity contribution in [3.8, 4) is 0 Å². The molecule has 1 aromatic carbocycles. The van der Waals surface area contributed by atoms with Gasteiger partial charge >= 0.3 is 0 Å². The van der Waals surface area contributed by atoms with Crippen LogP contribution in [0.1, 0.15) is 38.2 Å². The van der Waals surface area contributed by atoms with Crippen molar-refractivity contribution in [3.05, 3.63) is 23.8 Å². The topological polar surface area (TPSA) is 3.24 Å². The Labute approximate surface area is 116 Å². The van der Waals surface area contributed by atoms with Crippen LogP contribution in [0.25, 0.3) is 0 Å². The van der Waals surface area contributed by atoms with Crippen molar-refractivity contribution in [3.63, 3.8) is 0 Å². The highest BCUT2D eigenvalue weighted by molar-refractivity contribution is 7.99. The third-order valence-electron chi connectivity index (χ3n) is 3.82. The lowest BCUT2D eigenvalue weighted by Crippen LogP contribution is -2.09. The molecule has 1 nitrogen and oxygen atoms in total. The highest BCUT2D eigenvalue weighted by atomic mass is 32.2. The van der Waals surface area contributed by atoms with E-state index in [4.69, 9.17) is 0 Å². The zero-order valence-corrected chi connectivity index (χ0v) is 12.7. The van der Waals surface area contributed by atoms with Crippen LogP contribution in [-0.2, 0) is 6.42 Å². The highest BCUT2D eigenvalue weighted by Gasteiger charge is 2.16. The number of thioether (sulfide) groups is 1. The van der Waals surface area contributed by atoms with Gasteiger partial charge in [-0.2, -0.15) is 0 Å². The van der Waals surface area contributed by atoms with Crippen LogP contribution < -0.4 is 4.90 Å². The van der Waals surface area contributed by atoms with Crippen LogP contribution in [0.2, 0.25) is 0 Å². The molecule has 2 rings (SSSR count). The van der Waals surface area contributed by atoms with Gasteiger partial charge in [-0.1, -0.05) is 19.8 Å². The van der Waals surface area contributed by atoms with E-state index in [9.17, 15) is 0 Å². The van der Waals surface area contributed by atoms with E-state index in [-0.39, 0.29) is 0 Å². The molecule has 100 valence electrons. The average molecular weight is 263 g/mol. The van der Waals surface area contributed by atoms with Crippen molar-refractivity contribution < 1.29 is 0 Å². The second-order valence-corrected chi connectivity index (χ2v) is 6.61. The number of unbranched alkanes of at least 4 members (excludes halogenated alkanes) is 1. The van der Waals surface area contributed by atoms with Gasteiger partial charge in [-0.25, -0.2) is 0 Å². The van der Waals surface area contributed by atoms with Gasteiger partial charge in [0.05, 0.1) is 0 Å². The number of nitrogens with zero attached hydrogens (tertiary/aromatic N) is 1. The zero-order chi connectivity index (χ0) is 13.0. The van der Waals surface area contributed by atoms with Gasteiger partial charge in [-0.05, 0) is 48.9 Å². The van der Waals surface area contributed by atoms with Gasteiger partial charge in [0.25, 0.3) is 0 Å². The number of benzene rings is 1. The van der Waals surface area contributed by atoms with Crippen molar-refractivity contribution >= 4 is 17.4 Å². The number of hydrogen-bond acceptors (Lipinski definition) is 2. The van der Waals surface area contributed by atoms with Crippen molar-refractivity contribution in [2.24, 2.45) is 5.92 Å². The van der Waals surface area contributed by atoms with Crippen molar-refractivity contribution in [2.45, 2.75) is 43.9 Å². The van der Waals surface area contributed by atoms with Crippen molar-refractivity contribution in [1.82, 2.24) is 0 Å². The van der Waals surface area contributed by atoms with E-state index in [1.165, 1.54) is 48.4 Å². The van der Waals surface area contributed by atoms with Crippen LogP contribution in [0.4, 0.5) is 5.69 Å². The fourth-order valence-electron chi connectivity index (χ4n) is 2.55. The molecule has 1 aliphatic rings. The van der Waals surface area contributed by atoms with E-state index in [2.05, 4.69) is 55.9 Å². The fourth-order valence-corrected chi connectivity index (χ4v) is 3.81. The fraction of sp³-hybridized carbons (Fsp3) is 0.625. The molecule has 18 heavy (non-hydrogen) atoms. The number of rotatable bonds is 4. The van der Waals surface area contributed by atoms with Crippen LogP contribution in [0.5, 0.6) is 0 Å². The molecule has 0 amide bonds. The first kappa shape index (κ1) is 13.8. The molecule has 0 radical (unpaired) electrons. The molecule has 1 unspecified atom stereocenters. The Morgan fingerprint density at radius 3 is 2.89 bits per heavy atom. The molecule has 0 spiro atoms. The van der Waals surface area contributed by atoms with Crippen LogP contribution in [-0.4, -0.2) is 19.8 Å². The first-order valence-electron chi connectivity index (χ1n) is 7.13. The molecule has 1 aromatic rings. The van der Waals surface area contributed by atoms with Crippen molar-refractivity contribution in [2.75, 3.05) is 24.7 Å². The van der Waals surface area contributed by atoms with Gasteiger partial charge in [0, 0.05) is 30.4 Å². The second-order valence-electron chi connectivity index (χ2n) is 5.54. The summed E-state index contributed by atoms with van der Waals surface area (Å²) < 4.78 is 0. The predicted molar refractivity (Wildman–Crippen MR) is 82.8 cm³/mol. The SMILES string of the molecule is CCCCC1CCc2cc(N(C)C)ccc2SC1. The minimum Gasteiger partial charge on any atom is -0.378 e. The van der Waals surface area contributed by atoms with Crippen LogP contribution in [0.15, 0.2) is 23.1 Å². The van der Waals surface area contributed by atoms with E-state index in [0.717, 1.165) is 5.92 Å². The normalized spacial score (nSPS) is 19.2. The Morgan fingerprint density at radius 2 is 2.17 bits per heavy atom. The van der Waals surface area contributed by atoms with Crippen LogP contribution >= 0.6 is 11.8 Å². The molecule has 1 aliphatic heterocycles. The summed E-state index contributed by atoms with van der Waals surface area (Å²) in [5.41, 5.74) is 2.89. The Bertz CT molecular complexity index is 387. The summed E-state index contributed by atoms with van der Waals surface area (Å²) in [5.74, 6) is 2.24. The maximum atomic E-state index is 2.38. The molecule has 0 aromatic heterocycles. The summed E-state index contributed by atoms with van der Waals surface area (Å²) >= 11 is 2.07. The molecule has 0 saturated carbocycles. The summed E-state index contributed by atoms with van der Waals surface area (Å²) in [6.07, 6.45) is 6.77. The van der Waals surface area contributed by atoms with E-state index >= 15 is 0 Å². The lowest BCUT2D eigenvalue weighted by molar-refractivity contribution is 0.482. The molecule has 0 fully saturated rings. The van der Waals surface area contributed by atoms with Gasteiger partial charge in [0.2, 0.25) is 0 Å². The van der Waals surface area contributed by atoms with Crippen LogP contribution in [0.3, 0.4) is 0 Å². The summed E-state index contributed by atoms with van der Waals surface area (Å²) in [6, 6.07) is 6.94. The summed E-state index contributed by atoms with van der Waals surface area (Å²) in [7, 11) is 4.24. The molecule has 0 aliphatic carbocycles. The Kier molecular flexibility index (Phi) is 4.99. The van der Waals surface area contributed by atoms with E-state index < -0.39 is 0 Å². The Morgan fingerprint density at radius 1 is 1.33 bits per heavy atom. The average Bonchev–Trinajstić information content (AvgIpc) is 2.58. The molecular formula is C16H25NS. The van der Waals surface area contributed by atoms with Gasteiger partial charge in [-0.3, -0.25) is 0 Å². The van der Waals surface area contributed by atoms with Crippen LogP contribution in [0, 0.1) is 5.92 Å². The molecular weight excluding hydrogens is 238 g/mol. The first-order valence-corrected chi connectivity index (χ1v) is 8.12. The molecule has 2 heteroatoms. The third-order valence-corrected chi connectivity index (χ3v) is 5.17. The summed E-state index contributed by atoms with van der Waals surface area (Å²) in [4.78, 5) is 3.71. The largest absolute Gasteiger partial charge is 0.378 e. The molecule has 0 bridgehead atoms. The van der Waals surface area contributed by atoms with Gasteiger partial charge in [-0.15, -0.1) is 11.8 Å². The lowest BCUT2D eigenvalue weighted by atomic mass is 9.96. The van der Waals surface area contributed by atoms with Crippen molar-refractivity contribution in [1.29, 1.82) is 0 Å². The number of hydrogen-bond donors (Lipinski definition) is 0. The molecule has 1 atom stereocenters. The molecule has 1 heterocycles. The monoisotopic (exact) mass is 263 g/mol.